The molecule has 0 spiro atoms. The number of rotatable bonds is 6. The van der Waals surface area contributed by atoms with Gasteiger partial charge in [0.15, 0.2) is 0 Å². The zero-order valence-corrected chi connectivity index (χ0v) is 10.2. The molecule has 0 amide bonds. The fourth-order valence-electron chi connectivity index (χ4n) is 2.02. The minimum absolute atomic E-state index is 0.343. The van der Waals surface area contributed by atoms with Crippen molar-refractivity contribution in [2.24, 2.45) is 10.9 Å². The van der Waals surface area contributed by atoms with Gasteiger partial charge in [-0.25, -0.2) is 0 Å². The van der Waals surface area contributed by atoms with Gasteiger partial charge in [-0.3, -0.25) is 0 Å². The highest BCUT2D eigenvalue weighted by atomic mass is 16.4. The monoisotopic (exact) mass is 228 g/mol. The normalized spacial score (nSPS) is 20.2. The van der Waals surface area contributed by atoms with E-state index < -0.39 is 0 Å². The van der Waals surface area contributed by atoms with Crippen molar-refractivity contribution in [3.8, 4) is 0 Å². The summed E-state index contributed by atoms with van der Waals surface area (Å²) < 4.78 is 0. The maximum Gasteiger partial charge on any atom is 0.139 e. The molecule has 1 saturated heterocycles. The van der Waals surface area contributed by atoms with Crippen LogP contribution >= 0.6 is 0 Å². The van der Waals surface area contributed by atoms with Gasteiger partial charge in [-0.15, -0.1) is 0 Å². The van der Waals surface area contributed by atoms with Crippen LogP contribution in [0.3, 0.4) is 0 Å². The summed E-state index contributed by atoms with van der Waals surface area (Å²) in [6, 6.07) is 0. The summed E-state index contributed by atoms with van der Waals surface area (Å²) in [4.78, 5) is 4.98. The highest BCUT2D eigenvalue weighted by Gasteiger charge is 2.14. The molecule has 5 heteroatoms. The van der Waals surface area contributed by atoms with Gasteiger partial charge in [0.25, 0.3) is 0 Å². The van der Waals surface area contributed by atoms with E-state index in [9.17, 15) is 0 Å². The summed E-state index contributed by atoms with van der Waals surface area (Å²) in [5.74, 6) is 0.343. The van der Waals surface area contributed by atoms with Crippen LogP contribution in [-0.4, -0.2) is 60.1 Å². The third-order valence-electron chi connectivity index (χ3n) is 3.20. The zero-order chi connectivity index (χ0) is 11.8. The van der Waals surface area contributed by atoms with Gasteiger partial charge in [0.2, 0.25) is 0 Å². The molecule has 1 rings (SSSR count). The van der Waals surface area contributed by atoms with Crippen molar-refractivity contribution in [3.05, 3.63) is 0 Å². The molecule has 0 unspecified atom stereocenters. The molecule has 0 bridgehead atoms. The molecule has 94 valence electrons. The van der Waals surface area contributed by atoms with Crippen molar-refractivity contribution >= 4 is 5.84 Å². The van der Waals surface area contributed by atoms with Crippen LogP contribution in [0, 0.1) is 0 Å². The van der Waals surface area contributed by atoms with Crippen LogP contribution in [0.1, 0.15) is 26.2 Å². The quantitative estimate of drug-likeness (QED) is 0.229. The molecule has 5 nitrogen and oxygen atoms in total. The highest BCUT2D eigenvalue weighted by molar-refractivity contribution is 5.79. The fraction of sp³-hybridized carbons (Fsp3) is 0.909. The van der Waals surface area contributed by atoms with Gasteiger partial charge in [0, 0.05) is 32.6 Å². The molecule has 0 aromatic heterocycles. The maximum atomic E-state index is 8.39. The molecule has 3 N–H and O–H groups in total. The number of nitrogens with two attached hydrogens (primary N) is 1. The Labute approximate surface area is 97.9 Å². The average Bonchev–Trinajstić information content (AvgIpc) is 2.35. The first-order valence-corrected chi connectivity index (χ1v) is 6.17. The molecular formula is C11H24N4O. The third kappa shape index (κ3) is 4.81. The van der Waals surface area contributed by atoms with Gasteiger partial charge >= 0.3 is 0 Å². The Morgan fingerprint density at radius 2 is 1.81 bits per heavy atom. The van der Waals surface area contributed by atoms with Crippen molar-refractivity contribution in [1.82, 2.24) is 9.80 Å². The molecule has 16 heavy (non-hydrogen) atoms. The van der Waals surface area contributed by atoms with Crippen molar-refractivity contribution in [1.29, 1.82) is 0 Å². The summed E-state index contributed by atoms with van der Waals surface area (Å²) in [5, 5.41) is 11.4. The average molecular weight is 228 g/mol. The van der Waals surface area contributed by atoms with Crippen molar-refractivity contribution < 1.29 is 5.21 Å². The van der Waals surface area contributed by atoms with Gasteiger partial charge in [-0.2, -0.15) is 0 Å². The number of likely N-dealkylation sites (N-methyl/N-ethyl adjacent to an activating group) is 1. The Bertz CT molecular complexity index is 212. The number of nitrogens with zero attached hydrogens (tertiary/aromatic N) is 3. The van der Waals surface area contributed by atoms with Crippen molar-refractivity contribution in [2.75, 3.05) is 39.3 Å². The van der Waals surface area contributed by atoms with E-state index in [0.717, 1.165) is 25.9 Å². The maximum absolute atomic E-state index is 8.39. The third-order valence-corrected chi connectivity index (χ3v) is 3.20. The van der Waals surface area contributed by atoms with E-state index >= 15 is 0 Å². The topological polar surface area (TPSA) is 65.1 Å². The summed E-state index contributed by atoms with van der Waals surface area (Å²) >= 11 is 0. The van der Waals surface area contributed by atoms with Crippen molar-refractivity contribution in [3.63, 3.8) is 0 Å². The van der Waals surface area contributed by atoms with Crippen LogP contribution in [0.4, 0.5) is 0 Å². The van der Waals surface area contributed by atoms with Gasteiger partial charge in [0.05, 0.1) is 0 Å². The molecule has 0 aliphatic carbocycles. The molecule has 0 radical (unpaired) electrons. The smallest absolute Gasteiger partial charge is 0.139 e. The molecule has 0 atom stereocenters. The predicted molar refractivity (Wildman–Crippen MR) is 65.8 cm³/mol. The Morgan fingerprint density at radius 3 is 2.38 bits per heavy atom. The van der Waals surface area contributed by atoms with E-state index in [1.165, 1.54) is 26.2 Å². The lowest BCUT2D eigenvalue weighted by molar-refractivity contribution is 0.136. The lowest BCUT2D eigenvalue weighted by Crippen LogP contribution is -2.46. The first kappa shape index (κ1) is 13.3. The van der Waals surface area contributed by atoms with Gasteiger partial charge in [0.1, 0.15) is 5.84 Å². The molecule has 0 saturated carbocycles. The summed E-state index contributed by atoms with van der Waals surface area (Å²) in [7, 11) is 0. The Hall–Kier alpha value is -0.810. The summed E-state index contributed by atoms with van der Waals surface area (Å²) in [6.07, 6.45) is 2.83. The van der Waals surface area contributed by atoms with E-state index in [2.05, 4.69) is 21.9 Å². The van der Waals surface area contributed by atoms with E-state index in [-0.39, 0.29) is 0 Å². The van der Waals surface area contributed by atoms with Crippen molar-refractivity contribution in [2.45, 2.75) is 26.2 Å². The minimum atomic E-state index is 0.343. The molecule has 0 aromatic carbocycles. The van der Waals surface area contributed by atoms with E-state index in [0.29, 0.717) is 12.3 Å². The van der Waals surface area contributed by atoms with Gasteiger partial charge in [-0.1, -0.05) is 12.1 Å². The molecule has 1 aliphatic heterocycles. The van der Waals surface area contributed by atoms with Crippen LogP contribution in [0.2, 0.25) is 0 Å². The Balaban J connectivity index is 2.02. The van der Waals surface area contributed by atoms with Crippen LogP contribution in [0.15, 0.2) is 5.16 Å². The number of hydrogen-bond acceptors (Lipinski definition) is 4. The molecule has 1 aliphatic rings. The van der Waals surface area contributed by atoms with Gasteiger partial charge in [-0.05, 0) is 25.9 Å². The van der Waals surface area contributed by atoms with E-state index in [1.54, 1.807) is 0 Å². The van der Waals surface area contributed by atoms with Gasteiger partial charge < -0.3 is 20.7 Å². The Morgan fingerprint density at radius 1 is 1.19 bits per heavy atom. The second-order valence-electron chi connectivity index (χ2n) is 4.32. The number of amidine groups is 1. The fourth-order valence-corrected chi connectivity index (χ4v) is 2.02. The number of piperazine rings is 1. The van der Waals surface area contributed by atoms with Crippen LogP contribution in [0.25, 0.3) is 0 Å². The second-order valence-corrected chi connectivity index (χ2v) is 4.32. The first-order chi connectivity index (χ1) is 7.76. The minimum Gasteiger partial charge on any atom is -0.409 e. The summed E-state index contributed by atoms with van der Waals surface area (Å²) in [5.41, 5.74) is 5.41. The predicted octanol–water partition coefficient (Wildman–Crippen LogP) is 0.541. The second kappa shape index (κ2) is 7.46. The SMILES string of the molecule is CCN1CCN(CCCC/C(N)=N/O)CC1. The Kier molecular flexibility index (Phi) is 6.18. The lowest BCUT2D eigenvalue weighted by atomic mass is 10.2. The number of unbranched alkanes of at least 4 members (excludes halogenated alkanes) is 1. The number of oxime groups is 1. The van der Waals surface area contributed by atoms with E-state index in [4.69, 9.17) is 10.9 Å². The molecule has 1 fully saturated rings. The van der Waals surface area contributed by atoms with Crippen LogP contribution < -0.4 is 5.73 Å². The number of hydrogen-bond donors (Lipinski definition) is 2. The molecule has 1 heterocycles. The molecular weight excluding hydrogens is 204 g/mol. The van der Waals surface area contributed by atoms with Crippen LogP contribution in [-0.2, 0) is 0 Å². The zero-order valence-electron chi connectivity index (χ0n) is 10.2. The standard InChI is InChI=1S/C11H24N4O/c1-2-14-7-9-15(10-8-14)6-4-3-5-11(12)13-16/h16H,2-10H2,1H3,(H2,12,13). The highest BCUT2D eigenvalue weighted by Crippen LogP contribution is 2.04. The van der Waals surface area contributed by atoms with E-state index in [1.807, 2.05) is 0 Å². The molecule has 0 aromatic rings. The van der Waals surface area contributed by atoms with Crippen LogP contribution in [0.5, 0.6) is 0 Å². The lowest BCUT2D eigenvalue weighted by Gasteiger charge is -2.33. The first-order valence-electron chi connectivity index (χ1n) is 6.17. The largest absolute Gasteiger partial charge is 0.409 e. The summed E-state index contributed by atoms with van der Waals surface area (Å²) in [6.45, 7) is 9.25.